The quantitative estimate of drug-likeness (QED) is 0.800. The van der Waals surface area contributed by atoms with Gasteiger partial charge in [0.05, 0.1) is 23.0 Å². The highest BCUT2D eigenvalue weighted by Crippen LogP contribution is 2.24. The molecule has 0 atom stereocenters. The molecule has 1 heterocycles. The van der Waals surface area contributed by atoms with Crippen LogP contribution in [0.2, 0.25) is 0 Å². The van der Waals surface area contributed by atoms with E-state index in [4.69, 9.17) is 5.26 Å². The zero-order valence-electron chi connectivity index (χ0n) is 10.5. The number of anilines is 1. The summed E-state index contributed by atoms with van der Waals surface area (Å²) in [4.78, 5) is 0.0430. The van der Waals surface area contributed by atoms with Gasteiger partial charge in [0, 0.05) is 0 Å². The first-order valence-electron chi connectivity index (χ1n) is 5.85. The topological polar surface area (TPSA) is 95.7 Å². The molecule has 6 nitrogen and oxygen atoms in total. The van der Waals surface area contributed by atoms with Gasteiger partial charge in [0.1, 0.15) is 22.0 Å². The van der Waals surface area contributed by atoms with Crippen LogP contribution in [-0.4, -0.2) is 17.2 Å². The van der Waals surface area contributed by atoms with Crippen LogP contribution in [0.1, 0.15) is 5.56 Å². The van der Waals surface area contributed by atoms with Crippen molar-refractivity contribution in [1.29, 1.82) is 5.26 Å². The number of nitrogens with one attached hydrogen (secondary N) is 1. The third-order valence-corrected chi connectivity index (χ3v) is 4.77. The fraction of sp³-hybridized carbons (Fsp3) is 0. The monoisotopic (exact) mass is 316 g/mol. The highest BCUT2D eigenvalue weighted by molar-refractivity contribution is 7.93. The standard InChI is InChI=1S/C13H8N4O2S2/c14-8-9-4-1-2-5-10(9)17-21(18,19)12-7-3-6-11-13(12)16-20-15-11/h1-7,17H. The molecule has 0 spiro atoms. The molecule has 2 aromatic carbocycles. The lowest BCUT2D eigenvalue weighted by Crippen LogP contribution is -2.14. The third kappa shape index (κ3) is 2.44. The van der Waals surface area contributed by atoms with Crippen molar-refractivity contribution < 1.29 is 8.42 Å². The third-order valence-electron chi connectivity index (χ3n) is 2.83. The van der Waals surface area contributed by atoms with Gasteiger partial charge in [-0.3, -0.25) is 4.72 Å². The van der Waals surface area contributed by atoms with Gasteiger partial charge in [-0.2, -0.15) is 14.0 Å². The molecule has 21 heavy (non-hydrogen) atoms. The Morgan fingerprint density at radius 3 is 2.71 bits per heavy atom. The van der Waals surface area contributed by atoms with E-state index in [9.17, 15) is 8.42 Å². The van der Waals surface area contributed by atoms with Crippen molar-refractivity contribution in [3.05, 3.63) is 48.0 Å². The number of fused-ring (bicyclic) bond motifs is 1. The molecule has 1 aromatic heterocycles. The van der Waals surface area contributed by atoms with Crippen molar-refractivity contribution >= 4 is 38.5 Å². The van der Waals surface area contributed by atoms with E-state index >= 15 is 0 Å². The summed E-state index contributed by atoms with van der Waals surface area (Å²) in [5.74, 6) is 0. The van der Waals surface area contributed by atoms with Crippen LogP contribution < -0.4 is 4.72 Å². The van der Waals surface area contributed by atoms with E-state index in [-0.39, 0.29) is 16.1 Å². The zero-order chi connectivity index (χ0) is 14.9. The highest BCUT2D eigenvalue weighted by Gasteiger charge is 2.20. The van der Waals surface area contributed by atoms with Crippen LogP contribution in [0.15, 0.2) is 47.4 Å². The Morgan fingerprint density at radius 1 is 1.10 bits per heavy atom. The summed E-state index contributed by atoms with van der Waals surface area (Å²) < 4.78 is 35.5. The van der Waals surface area contributed by atoms with Gasteiger partial charge in [-0.25, -0.2) is 8.42 Å². The lowest BCUT2D eigenvalue weighted by atomic mass is 10.2. The van der Waals surface area contributed by atoms with Crippen LogP contribution in [0, 0.1) is 11.3 Å². The van der Waals surface area contributed by atoms with Gasteiger partial charge in [0.25, 0.3) is 10.0 Å². The number of hydrogen-bond acceptors (Lipinski definition) is 6. The minimum atomic E-state index is -3.84. The number of benzene rings is 2. The van der Waals surface area contributed by atoms with Crippen LogP contribution in [0.25, 0.3) is 11.0 Å². The van der Waals surface area contributed by atoms with Crippen LogP contribution in [0.5, 0.6) is 0 Å². The molecule has 0 aliphatic carbocycles. The van der Waals surface area contributed by atoms with Gasteiger partial charge in [-0.15, -0.1) is 0 Å². The molecular weight excluding hydrogens is 308 g/mol. The van der Waals surface area contributed by atoms with Crippen molar-refractivity contribution in [1.82, 2.24) is 8.75 Å². The molecule has 1 N–H and O–H groups in total. The van der Waals surface area contributed by atoms with Gasteiger partial charge in [-0.05, 0) is 24.3 Å². The van der Waals surface area contributed by atoms with Crippen LogP contribution in [0.3, 0.4) is 0 Å². The Hall–Kier alpha value is -2.50. The molecule has 8 heteroatoms. The van der Waals surface area contributed by atoms with Crippen molar-refractivity contribution in [2.75, 3.05) is 4.72 Å². The summed E-state index contributed by atoms with van der Waals surface area (Å²) in [6.45, 7) is 0. The first kappa shape index (κ1) is 13.5. The summed E-state index contributed by atoms with van der Waals surface area (Å²) >= 11 is 0.953. The number of aromatic nitrogens is 2. The van der Waals surface area contributed by atoms with E-state index in [0.717, 1.165) is 11.7 Å². The maximum Gasteiger partial charge on any atom is 0.264 e. The number of rotatable bonds is 3. The second kappa shape index (κ2) is 5.12. The molecule has 0 saturated heterocycles. The minimum absolute atomic E-state index is 0.0430. The molecule has 0 aliphatic rings. The second-order valence-corrected chi connectivity index (χ2v) is 6.33. The van der Waals surface area contributed by atoms with E-state index in [1.165, 1.54) is 12.1 Å². The van der Waals surface area contributed by atoms with Crippen LogP contribution >= 0.6 is 11.7 Å². The van der Waals surface area contributed by atoms with Gasteiger partial charge < -0.3 is 0 Å². The minimum Gasteiger partial charge on any atom is -0.278 e. The Labute approximate surface area is 125 Å². The average Bonchev–Trinajstić information content (AvgIpc) is 2.95. The van der Waals surface area contributed by atoms with Crippen LogP contribution in [0.4, 0.5) is 5.69 Å². The molecule has 0 aliphatic heterocycles. The van der Waals surface area contributed by atoms with E-state index in [2.05, 4.69) is 13.5 Å². The fourth-order valence-electron chi connectivity index (χ4n) is 1.87. The van der Waals surface area contributed by atoms with Crippen LogP contribution in [-0.2, 0) is 10.0 Å². The van der Waals surface area contributed by atoms with Crippen molar-refractivity contribution in [3.8, 4) is 6.07 Å². The lowest BCUT2D eigenvalue weighted by Gasteiger charge is -2.09. The first-order chi connectivity index (χ1) is 10.1. The number of hydrogen-bond donors (Lipinski definition) is 1. The first-order valence-corrected chi connectivity index (χ1v) is 8.06. The normalized spacial score (nSPS) is 11.2. The fourth-order valence-corrected chi connectivity index (χ4v) is 3.71. The molecule has 104 valence electrons. The number of para-hydroxylation sites is 1. The lowest BCUT2D eigenvalue weighted by molar-refractivity contribution is 0.602. The molecule has 0 unspecified atom stereocenters. The number of sulfonamides is 1. The molecule has 0 fully saturated rings. The Bertz CT molecular complexity index is 957. The smallest absolute Gasteiger partial charge is 0.264 e. The van der Waals surface area contributed by atoms with Gasteiger partial charge in [0.2, 0.25) is 0 Å². The van der Waals surface area contributed by atoms with Crippen molar-refractivity contribution in [2.24, 2.45) is 0 Å². The number of nitriles is 1. The Kier molecular flexibility index (Phi) is 3.29. The number of nitrogens with zero attached hydrogens (tertiary/aromatic N) is 3. The predicted octanol–water partition coefficient (Wildman–Crippen LogP) is 2.36. The molecule has 0 bridgehead atoms. The summed E-state index contributed by atoms with van der Waals surface area (Å²) in [5, 5.41) is 9.02. The summed E-state index contributed by atoms with van der Waals surface area (Å²) in [6, 6.07) is 13.1. The second-order valence-electron chi connectivity index (χ2n) is 4.15. The molecule has 0 radical (unpaired) electrons. The summed E-state index contributed by atoms with van der Waals surface area (Å²) in [5.41, 5.74) is 1.34. The van der Waals surface area contributed by atoms with E-state index in [0.29, 0.717) is 11.0 Å². The summed E-state index contributed by atoms with van der Waals surface area (Å²) in [6.07, 6.45) is 0. The van der Waals surface area contributed by atoms with E-state index in [1.54, 1.807) is 30.3 Å². The average molecular weight is 316 g/mol. The molecular formula is C13H8N4O2S2. The largest absolute Gasteiger partial charge is 0.278 e. The van der Waals surface area contributed by atoms with Crippen molar-refractivity contribution in [3.63, 3.8) is 0 Å². The Balaban J connectivity index is 2.10. The van der Waals surface area contributed by atoms with Gasteiger partial charge >= 0.3 is 0 Å². The van der Waals surface area contributed by atoms with E-state index in [1.807, 2.05) is 6.07 Å². The highest BCUT2D eigenvalue weighted by atomic mass is 32.2. The SMILES string of the molecule is N#Cc1ccccc1NS(=O)(=O)c1cccc2nsnc12. The maximum absolute atomic E-state index is 12.5. The zero-order valence-corrected chi connectivity index (χ0v) is 12.1. The van der Waals surface area contributed by atoms with Crippen molar-refractivity contribution in [2.45, 2.75) is 4.90 Å². The Morgan fingerprint density at radius 2 is 1.90 bits per heavy atom. The summed E-state index contributed by atoms with van der Waals surface area (Å²) in [7, 11) is -3.84. The molecule has 0 amide bonds. The predicted molar refractivity (Wildman–Crippen MR) is 79.4 cm³/mol. The molecule has 3 rings (SSSR count). The molecule has 0 saturated carbocycles. The molecule has 3 aromatic rings. The van der Waals surface area contributed by atoms with Gasteiger partial charge in [0.15, 0.2) is 0 Å². The van der Waals surface area contributed by atoms with E-state index < -0.39 is 10.0 Å². The maximum atomic E-state index is 12.5. The van der Waals surface area contributed by atoms with Gasteiger partial charge in [-0.1, -0.05) is 18.2 Å².